The molecule has 0 radical (unpaired) electrons. The molecule has 0 atom stereocenters. The molecular weight excluding hydrogens is 154 g/mol. The maximum absolute atomic E-state index is 10.9. The number of rotatable bonds is 4. The van der Waals surface area contributed by atoms with Gasteiger partial charge in [0, 0.05) is 7.05 Å². The van der Waals surface area contributed by atoms with E-state index in [2.05, 4.69) is 17.2 Å². The van der Waals surface area contributed by atoms with Crippen LogP contribution in [0.4, 0.5) is 4.79 Å². The molecule has 0 aliphatic heterocycles. The molecule has 0 aromatic rings. The third kappa shape index (κ3) is 4.71. The lowest BCUT2D eigenvalue weighted by molar-refractivity contribution is -0.456. The van der Waals surface area contributed by atoms with Gasteiger partial charge < -0.3 is 5.32 Å². The van der Waals surface area contributed by atoms with Crippen molar-refractivity contribution in [2.24, 2.45) is 0 Å². The third-order valence-electron chi connectivity index (χ3n) is 1.49. The Morgan fingerprint density at radius 2 is 2.33 bits per heavy atom. The van der Waals surface area contributed by atoms with E-state index in [1.54, 1.807) is 20.4 Å². The molecule has 2 N–H and O–H groups in total. The van der Waals surface area contributed by atoms with Crippen molar-refractivity contribution >= 4 is 12.4 Å². The van der Waals surface area contributed by atoms with Crippen LogP contribution < -0.4 is 10.3 Å². The van der Waals surface area contributed by atoms with Gasteiger partial charge in [-0.3, -0.25) is 4.99 Å². The lowest BCUT2D eigenvalue weighted by Gasteiger charge is -2.01. The van der Waals surface area contributed by atoms with Gasteiger partial charge in [-0.15, -0.1) is 0 Å². The summed E-state index contributed by atoms with van der Waals surface area (Å²) in [6.45, 7) is 3.04. The highest BCUT2D eigenvalue weighted by atomic mass is 16.2. The van der Waals surface area contributed by atoms with Crippen molar-refractivity contribution in [2.45, 2.75) is 19.8 Å². The lowest BCUT2D eigenvalue weighted by atomic mass is 10.3. The molecule has 0 unspecified atom stereocenters. The first-order chi connectivity index (χ1) is 5.72. The number of urea groups is 1. The Kier molecular flexibility index (Phi) is 6.05. The van der Waals surface area contributed by atoms with Crippen LogP contribution in [-0.2, 0) is 0 Å². The summed E-state index contributed by atoms with van der Waals surface area (Å²) in [6.07, 6.45) is 3.96. The molecule has 4 heteroatoms. The van der Waals surface area contributed by atoms with E-state index in [1.165, 1.54) is 4.90 Å². The summed E-state index contributed by atoms with van der Waals surface area (Å²) in [5.41, 5.74) is 0. The fraction of sp³-hybridized carbons (Fsp3) is 0.750. The maximum Gasteiger partial charge on any atom is 0.407 e. The van der Waals surface area contributed by atoms with Crippen molar-refractivity contribution in [1.29, 1.82) is 0 Å². The second-order valence-electron chi connectivity index (χ2n) is 2.60. The Balaban J connectivity index is 3.60. The first-order valence-corrected chi connectivity index (χ1v) is 4.23. The predicted octanol–water partition coefficient (Wildman–Crippen LogP) is -0.833. The molecule has 0 aromatic carbocycles. The van der Waals surface area contributed by atoms with Crippen LogP contribution in [0.3, 0.4) is 0 Å². The van der Waals surface area contributed by atoms with Crippen LogP contribution in [0.15, 0.2) is 0 Å². The van der Waals surface area contributed by atoms with Crippen LogP contribution in [0.1, 0.15) is 19.8 Å². The van der Waals surface area contributed by atoms with E-state index < -0.39 is 0 Å². The van der Waals surface area contributed by atoms with Crippen LogP contribution >= 0.6 is 0 Å². The quantitative estimate of drug-likeness (QED) is 0.324. The van der Waals surface area contributed by atoms with Gasteiger partial charge in [0.15, 0.2) is 0 Å². The van der Waals surface area contributed by atoms with Crippen molar-refractivity contribution < 1.29 is 9.79 Å². The molecule has 0 saturated heterocycles. The highest BCUT2D eigenvalue weighted by molar-refractivity contribution is 5.83. The largest absolute Gasteiger partial charge is 0.407 e. The molecule has 0 aliphatic carbocycles. The average Bonchev–Trinajstić information content (AvgIpc) is 2.10. The standard InChI is InChI=1S/C8H17N3O/c1-4-5-6-10-7-11(3)8(12)9-2/h7H,4-6H2,1-3H3,(H,9,12)/p+1. The number of hydrogen-bond acceptors (Lipinski definition) is 1. The molecule has 0 heterocycles. The van der Waals surface area contributed by atoms with Crippen molar-refractivity contribution in [3.05, 3.63) is 0 Å². The first kappa shape index (κ1) is 10.9. The molecule has 70 valence electrons. The summed E-state index contributed by atoms with van der Waals surface area (Å²) in [7, 11) is 3.32. The SMILES string of the molecule is CCCC[NH+]=CN(C)C(=O)NC. The van der Waals surface area contributed by atoms with Gasteiger partial charge in [-0.1, -0.05) is 13.3 Å². The summed E-state index contributed by atoms with van der Waals surface area (Å²) < 4.78 is 0. The molecule has 4 nitrogen and oxygen atoms in total. The average molecular weight is 172 g/mol. The van der Waals surface area contributed by atoms with Crippen LogP contribution in [-0.4, -0.2) is 37.9 Å². The molecule has 0 rings (SSSR count). The monoisotopic (exact) mass is 172 g/mol. The molecule has 0 fully saturated rings. The van der Waals surface area contributed by atoms with E-state index in [0.717, 1.165) is 19.4 Å². The molecule has 0 aromatic heterocycles. The number of nitrogens with zero attached hydrogens (tertiary/aromatic N) is 1. The van der Waals surface area contributed by atoms with E-state index in [4.69, 9.17) is 0 Å². The van der Waals surface area contributed by atoms with E-state index in [0.29, 0.717) is 0 Å². The molecule has 12 heavy (non-hydrogen) atoms. The van der Waals surface area contributed by atoms with Gasteiger partial charge in [-0.05, 0) is 6.42 Å². The number of amides is 2. The summed E-state index contributed by atoms with van der Waals surface area (Å²) in [4.78, 5) is 15.4. The summed E-state index contributed by atoms with van der Waals surface area (Å²) in [5, 5.41) is 2.52. The van der Waals surface area contributed by atoms with Gasteiger partial charge >= 0.3 is 6.03 Å². The van der Waals surface area contributed by atoms with Gasteiger partial charge in [0.05, 0.1) is 13.6 Å². The highest BCUT2D eigenvalue weighted by Crippen LogP contribution is 1.77. The second-order valence-corrected chi connectivity index (χ2v) is 2.60. The van der Waals surface area contributed by atoms with Crippen molar-refractivity contribution in [2.75, 3.05) is 20.6 Å². The summed E-state index contributed by atoms with van der Waals surface area (Å²) >= 11 is 0. The number of carbonyl (C=O) groups is 1. The normalized spacial score (nSPS) is 10.2. The van der Waals surface area contributed by atoms with E-state index in [9.17, 15) is 4.79 Å². The highest BCUT2D eigenvalue weighted by Gasteiger charge is 2.07. The Morgan fingerprint density at radius 3 is 2.83 bits per heavy atom. The van der Waals surface area contributed by atoms with Gasteiger partial charge in [0.2, 0.25) is 6.34 Å². The minimum Gasteiger partial charge on any atom is -0.321 e. The zero-order valence-corrected chi connectivity index (χ0v) is 8.05. The van der Waals surface area contributed by atoms with Crippen LogP contribution in [0.2, 0.25) is 0 Å². The summed E-state index contributed by atoms with van der Waals surface area (Å²) in [6, 6.07) is -0.112. The number of hydrogen-bond donors (Lipinski definition) is 2. The fourth-order valence-electron chi connectivity index (χ4n) is 0.715. The summed E-state index contributed by atoms with van der Waals surface area (Å²) in [5.74, 6) is 0. The van der Waals surface area contributed by atoms with Crippen LogP contribution in [0.5, 0.6) is 0 Å². The zero-order valence-electron chi connectivity index (χ0n) is 8.05. The second kappa shape index (κ2) is 6.64. The minimum absolute atomic E-state index is 0.112. The zero-order chi connectivity index (χ0) is 9.40. The van der Waals surface area contributed by atoms with Gasteiger partial charge in [-0.25, -0.2) is 4.79 Å². The Bertz CT molecular complexity index is 156. The maximum atomic E-state index is 10.9. The smallest absolute Gasteiger partial charge is 0.321 e. The first-order valence-electron chi connectivity index (χ1n) is 4.23. The van der Waals surface area contributed by atoms with E-state index >= 15 is 0 Å². The van der Waals surface area contributed by atoms with Crippen molar-refractivity contribution in [3.63, 3.8) is 0 Å². The Morgan fingerprint density at radius 1 is 1.67 bits per heavy atom. The molecule has 0 spiro atoms. The molecule has 2 amide bonds. The number of nitrogens with one attached hydrogen (secondary N) is 2. The van der Waals surface area contributed by atoms with E-state index in [1.807, 2.05) is 0 Å². The number of unbranched alkanes of at least 4 members (excludes halogenated alkanes) is 1. The van der Waals surface area contributed by atoms with E-state index in [-0.39, 0.29) is 6.03 Å². The third-order valence-corrected chi connectivity index (χ3v) is 1.49. The minimum atomic E-state index is -0.112. The number of carbonyl (C=O) groups excluding carboxylic acids is 1. The van der Waals surface area contributed by atoms with Crippen LogP contribution in [0, 0.1) is 0 Å². The molecular formula is C8H18N3O+. The van der Waals surface area contributed by atoms with Gasteiger partial charge in [0.1, 0.15) is 0 Å². The molecule has 0 bridgehead atoms. The van der Waals surface area contributed by atoms with Gasteiger partial charge in [0.25, 0.3) is 0 Å². The Hall–Kier alpha value is -1.06. The van der Waals surface area contributed by atoms with Gasteiger partial charge in [-0.2, -0.15) is 4.90 Å². The fourth-order valence-corrected chi connectivity index (χ4v) is 0.715. The lowest BCUT2D eigenvalue weighted by Crippen LogP contribution is -2.71. The Labute approximate surface area is 73.7 Å². The van der Waals surface area contributed by atoms with Crippen LogP contribution in [0.25, 0.3) is 0 Å². The molecule has 0 aliphatic rings. The van der Waals surface area contributed by atoms with Crippen molar-refractivity contribution in [3.8, 4) is 0 Å². The predicted molar refractivity (Wildman–Crippen MR) is 49.0 cm³/mol. The topological polar surface area (TPSA) is 46.3 Å². The van der Waals surface area contributed by atoms with Crippen molar-refractivity contribution in [1.82, 2.24) is 10.2 Å². The molecule has 0 saturated carbocycles.